The summed E-state index contributed by atoms with van der Waals surface area (Å²) in [5, 5.41) is 10.5. The Balaban J connectivity index is 1.87. The molecule has 0 fully saturated rings. The molecule has 2 aromatic carbocycles. The first-order valence-corrected chi connectivity index (χ1v) is 6.64. The lowest BCUT2D eigenvalue weighted by atomic mass is 10.2. The minimum absolute atomic E-state index is 0.114. The zero-order valence-electron chi connectivity index (χ0n) is 11.9. The van der Waals surface area contributed by atoms with E-state index < -0.39 is 16.7 Å². The molecule has 116 valence electrons. The van der Waals surface area contributed by atoms with Crippen LogP contribution in [0.5, 0.6) is 0 Å². The number of nitrogens with zero attached hydrogens (tertiary/aromatic N) is 1. The zero-order chi connectivity index (χ0) is 16.7. The van der Waals surface area contributed by atoms with E-state index >= 15 is 0 Å². The van der Waals surface area contributed by atoms with Gasteiger partial charge in [0.15, 0.2) is 0 Å². The van der Waals surface area contributed by atoms with E-state index in [9.17, 15) is 19.7 Å². The highest BCUT2D eigenvalue weighted by molar-refractivity contribution is 5.98. The van der Waals surface area contributed by atoms with Crippen LogP contribution in [0, 0.1) is 10.1 Å². The van der Waals surface area contributed by atoms with E-state index in [-0.39, 0.29) is 11.3 Å². The number of nitrogens with one attached hydrogen (secondary N) is 2. The summed E-state index contributed by atoms with van der Waals surface area (Å²) in [5.74, 6) is -1.06. The number of rotatable bonds is 4. The maximum Gasteiger partial charge on any atom is 0.269 e. The van der Waals surface area contributed by atoms with Gasteiger partial charge in [-0.05, 0) is 23.8 Å². The largest absolute Gasteiger partial charge is 0.269 e. The molecule has 7 nitrogen and oxygen atoms in total. The predicted octanol–water partition coefficient (Wildman–Crippen LogP) is 2.07. The first-order chi connectivity index (χ1) is 11.1. The maximum absolute atomic E-state index is 11.8. The van der Waals surface area contributed by atoms with Gasteiger partial charge in [0.1, 0.15) is 0 Å². The average Bonchev–Trinajstić information content (AvgIpc) is 2.58. The van der Waals surface area contributed by atoms with Gasteiger partial charge >= 0.3 is 0 Å². The molecule has 0 bridgehead atoms. The third-order valence-corrected chi connectivity index (χ3v) is 2.87. The Morgan fingerprint density at radius 2 is 1.61 bits per heavy atom. The van der Waals surface area contributed by atoms with Crippen molar-refractivity contribution in [2.45, 2.75) is 0 Å². The molecule has 2 aromatic rings. The van der Waals surface area contributed by atoms with Crippen LogP contribution in [-0.4, -0.2) is 16.7 Å². The Morgan fingerprint density at radius 3 is 2.22 bits per heavy atom. The number of amides is 2. The van der Waals surface area contributed by atoms with Crippen LogP contribution in [0.15, 0.2) is 60.7 Å². The molecule has 2 amide bonds. The number of hydrogen-bond donors (Lipinski definition) is 2. The Morgan fingerprint density at radius 1 is 0.957 bits per heavy atom. The van der Waals surface area contributed by atoms with Crippen molar-refractivity contribution in [3.05, 3.63) is 81.9 Å². The minimum Gasteiger partial charge on any atom is -0.268 e. The summed E-state index contributed by atoms with van der Waals surface area (Å²) >= 11 is 0. The third kappa shape index (κ3) is 4.78. The number of nitro groups is 1. The highest BCUT2D eigenvalue weighted by Gasteiger charge is 2.09. The van der Waals surface area contributed by atoms with Crippen molar-refractivity contribution in [3.8, 4) is 0 Å². The van der Waals surface area contributed by atoms with Crippen LogP contribution in [0.3, 0.4) is 0 Å². The Bertz CT molecular complexity index is 740. The fourth-order valence-electron chi connectivity index (χ4n) is 1.70. The first-order valence-electron chi connectivity index (χ1n) is 6.64. The van der Waals surface area contributed by atoms with Crippen LogP contribution in [0.2, 0.25) is 0 Å². The summed E-state index contributed by atoms with van der Waals surface area (Å²) in [6.07, 6.45) is 2.89. The van der Waals surface area contributed by atoms with Gasteiger partial charge in [-0.3, -0.25) is 30.6 Å². The molecule has 0 aliphatic rings. The Kier molecular flexibility index (Phi) is 5.19. The summed E-state index contributed by atoms with van der Waals surface area (Å²) in [6.45, 7) is 0. The predicted molar refractivity (Wildman–Crippen MR) is 84.2 cm³/mol. The van der Waals surface area contributed by atoms with E-state index in [1.165, 1.54) is 30.3 Å². The molecule has 2 N–H and O–H groups in total. The van der Waals surface area contributed by atoms with Gasteiger partial charge in [0.05, 0.1) is 4.92 Å². The molecule has 0 radical (unpaired) electrons. The highest BCUT2D eigenvalue weighted by atomic mass is 16.6. The van der Waals surface area contributed by atoms with Gasteiger partial charge in [-0.1, -0.05) is 30.3 Å². The second-order valence-corrected chi connectivity index (χ2v) is 4.49. The molecule has 0 aliphatic carbocycles. The lowest BCUT2D eigenvalue weighted by Gasteiger charge is -2.05. The van der Waals surface area contributed by atoms with E-state index in [2.05, 4.69) is 10.9 Å². The molecular formula is C16H13N3O4. The second kappa shape index (κ2) is 7.51. The molecule has 23 heavy (non-hydrogen) atoms. The van der Waals surface area contributed by atoms with Gasteiger partial charge in [-0.2, -0.15) is 0 Å². The summed E-state index contributed by atoms with van der Waals surface area (Å²) in [5.41, 5.74) is 5.39. The minimum atomic E-state index is -0.568. The number of benzene rings is 2. The van der Waals surface area contributed by atoms with Crippen molar-refractivity contribution >= 4 is 23.6 Å². The van der Waals surface area contributed by atoms with E-state index in [0.717, 1.165) is 5.56 Å². The van der Waals surface area contributed by atoms with Gasteiger partial charge in [-0.15, -0.1) is 0 Å². The van der Waals surface area contributed by atoms with Crippen molar-refractivity contribution in [1.29, 1.82) is 0 Å². The quantitative estimate of drug-likeness (QED) is 0.512. The summed E-state index contributed by atoms with van der Waals surface area (Å²) in [4.78, 5) is 33.3. The van der Waals surface area contributed by atoms with Gasteiger partial charge in [-0.25, -0.2) is 0 Å². The molecule has 0 saturated heterocycles. The van der Waals surface area contributed by atoms with E-state index in [1.807, 2.05) is 30.3 Å². The van der Waals surface area contributed by atoms with Crippen LogP contribution in [0.4, 0.5) is 5.69 Å². The van der Waals surface area contributed by atoms with Crippen molar-refractivity contribution in [2.75, 3.05) is 0 Å². The molecule has 2 rings (SSSR count). The molecule has 0 saturated carbocycles. The summed E-state index contributed by atoms with van der Waals surface area (Å²) in [7, 11) is 0. The monoisotopic (exact) mass is 311 g/mol. The molecule has 7 heteroatoms. The lowest BCUT2D eigenvalue weighted by molar-refractivity contribution is -0.384. The molecular weight excluding hydrogens is 298 g/mol. The molecule has 0 spiro atoms. The van der Waals surface area contributed by atoms with E-state index in [0.29, 0.717) is 0 Å². The third-order valence-electron chi connectivity index (χ3n) is 2.87. The van der Waals surface area contributed by atoms with Crippen LogP contribution in [-0.2, 0) is 4.79 Å². The number of hydrazine groups is 1. The molecule has 0 atom stereocenters. The van der Waals surface area contributed by atoms with Gasteiger partial charge in [0.2, 0.25) is 0 Å². The smallest absolute Gasteiger partial charge is 0.268 e. The van der Waals surface area contributed by atoms with Crippen molar-refractivity contribution < 1.29 is 14.5 Å². The maximum atomic E-state index is 11.8. The molecule has 0 aliphatic heterocycles. The highest BCUT2D eigenvalue weighted by Crippen LogP contribution is 2.11. The van der Waals surface area contributed by atoms with Crippen LogP contribution in [0.1, 0.15) is 15.9 Å². The van der Waals surface area contributed by atoms with E-state index in [1.54, 1.807) is 6.08 Å². The van der Waals surface area contributed by atoms with E-state index in [4.69, 9.17) is 0 Å². The van der Waals surface area contributed by atoms with Crippen molar-refractivity contribution in [1.82, 2.24) is 10.9 Å². The average molecular weight is 311 g/mol. The number of carbonyl (C=O) groups is 2. The molecule has 0 unspecified atom stereocenters. The molecule has 0 aromatic heterocycles. The number of nitro benzene ring substituents is 1. The van der Waals surface area contributed by atoms with Crippen LogP contribution >= 0.6 is 0 Å². The normalized spacial score (nSPS) is 10.3. The fraction of sp³-hybridized carbons (Fsp3) is 0. The number of hydrogen-bond acceptors (Lipinski definition) is 4. The van der Waals surface area contributed by atoms with Crippen molar-refractivity contribution in [3.63, 3.8) is 0 Å². The van der Waals surface area contributed by atoms with Crippen LogP contribution in [0.25, 0.3) is 6.08 Å². The Labute approximate surface area is 131 Å². The van der Waals surface area contributed by atoms with Gasteiger partial charge < -0.3 is 0 Å². The zero-order valence-corrected chi connectivity index (χ0v) is 11.9. The Hall–Kier alpha value is -3.48. The standard InChI is InChI=1S/C16H13N3O4/c20-15(11-6-12-4-2-1-3-5-12)17-18-16(21)13-7-9-14(10-8-13)19(22)23/h1-11H,(H,17,20)(H,18,21)/b11-6+. The number of non-ortho nitro benzene ring substituents is 1. The van der Waals surface area contributed by atoms with Gasteiger partial charge in [0, 0.05) is 23.8 Å². The fourth-order valence-corrected chi connectivity index (χ4v) is 1.70. The van der Waals surface area contributed by atoms with Crippen molar-refractivity contribution in [2.24, 2.45) is 0 Å². The summed E-state index contributed by atoms with van der Waals surface area (Å²) < 4.78 is 0. The number of carbonyl (C=O) groups excluding carboxylic acids is 2. The summed E-state index contributed by atoms with van der Waals surface area (Å²) in [6, 6.07) is 14.2. The SMILES string of the molecule is O=C(/C=C/c1ccccc1)NNC(=O)c1ccc([N+](=O)[O-])cc1. The molecule has 0 heterocycles. The van der Waals surface area contributed by atoms with Crippen LogP contribution < -0.4 is 10.9 Å². The second-order valence-electron chi connectivity index (χ2n) is 4.49. The topological polar surface area (TPSA) is 101 Å². The lowest BCUT2D eigenvalue weighted by Crippen LogP contribution is -2.40. The first kappa shape index (κ1) is 15.9. The van der Waals surface area contributed by atoms with Gasteiger partial charge in [0.25, 0.3) is 17.5 Å².